The molecule has 1 aromatic rings. The second-order valence-electron chi connectivity index (χ2n) is 5.28. The number of amides is 1. The van der Waals surface area contributed by atoms with Gasteiger partial charge in [0.05, 0.1) is 0 Å². The van der Waals surface area contributed by atoms with Gasteiger partial charge in [0.25, 0.3) is 5.91 Å². The summed E-state index contributed by atoms with van der Waals surface area (Å²) in [7, 11) is 0. The van der Waals surface area contributed by atoms with Crippen LogP contribution in [0.4, 0.5) is 0 Å². The van der Waals surface area contributed by atoms with Crippen LogP contribution in [0.1, 0.15) is 32.8 Å². The van der Waals surface area contributed by atoms with E-state index in [1.165, 1.54) is 0 Å². The number of benzene rings is 1. The predicted molar refractivity (Wildman–Crippen MR) is 80.3 cm³/mol. The Hall–Kier alpha value is -2.04. The van der Waals surface area contributed by atoms with Gasteiger partial charge in [0, 0.05) is 0 Å². The van der Waals surface area contributed by atoms with Crippen molar-refractivity contribution >= 4 is 11.9 Å². The Labute approximate surface area is 125 Å². The quantitative estimate of drug-likeness (QED) is 0.809. The highest BCUT2D eigenvalue weighted by molar-refractivity contribution is 5.86. The van der Waals surface area contributed by atoms with E-state index in [1.807, 2.05) is 26.0 Å². The summed E-state index contributed by atoms with van der Waals surface area (Å²) in [5.74, 6) is -1.01. The van der Waals surface area contributed by atoms with Crippen LogP contribution in [-0.2, 0) is 9.59 Å². The summed E-state index contributed by atoms with van der Waals surface area (Å²) in [4.78, 5) is 23.2. The van der Waals surface area contributed by atoms with E-state index < -0.39 is 24.0 Å². The van der Waals surface area contributed by atoms with Crippen molar-refractivity contribution in [2.24, 2.45) is 5.92 Å². The van der Waals surface area contributed by atoms with E-state index in [-0.39, 0.29) is 5.92 Å². The Morgan fingerprint density at radius 3 is 2.29 bits per heavy atom. The second kappa shape index (κ2) is 7.67. The number of carbonyl (C=O) groups excluding carboxylic acids is 1. The number of rotatable bonds is 7. The zero-order valence-electron chi connectivity index (χ0n) is 12.9. The lowest BCUT2D eigenvalue weighted by molar-refractivity contribution is -0.144. The van der Waals surface area contributed by atoms with Gasteiger partial charge in [-0.05, 0) is 31.9 Å². The fourth-order valence-electron chi connectivity index (χ4n) is 1.83. The van der Waals surface area contributed by atoms with E-state index >= 15 is 0 Å². The molecule has 0 aliphatic heterocycles. The molecule has 2 N–H and O–H groups in total. The first-order chi connectivity index (χ1) is 9.85. The standard InChI is InChI=1S/C16H23NO4/c1-5-11(3)14(16(19)20)17-15(18)12(4)21-13-8-6-10(2)7-9-13/h6-9,11-12,14H,5H2,1-4H3,(H,17,18)(H,19,20)/t11?,12?,14-/m0/s1. The molecule has 5 nitrogen and oxygen atoms in total. The van der Waals surface area contributed by atoms with Crippen molar-refractivity contribution in [2.45, 2.75) is 46.3 Å². The van der Waals surface area contributed by atoms with Crippen LogP contribution in [0.2, 0.25) is 0 Å². The van der Waals surface area contributed by atoms with Crippen molar-refractivity contribution in [3.05, 3.63) is 29.8 Å². The predicted octanol–water partition coefficient (Wildman–Crippen LogP) is 2.38. The van der Waals surface area contributed by atoms with Gasteiger partial charge in [0.1, 0.15) is 11.8 Å². The van der Waals surface area contributed by atoms with Crippen molar-refractivity contribution < 1.29 is 19.4 Å². The molecule has 0 heterocycles. The molecule has 0 radical (unpaired) electrons. The molecule has 0 saturated carbocycles. The van der Waals surface area contributed by atoms with Crippen molar-refractivity contribution in [2.75, 3.05) is 0 Å². The fourth-order valence-corrected chi connectivity index (χ4v) is 1.83. The average molecular weight is 293 g/mol. The third-order valence-corrected chi connectivity index (χ3v) is 3.48. The van der Waals surface area contributed by atoms with Gasteiger partial charge < -0.3 is 15.2 Å². The average Bonchev–Trinajstić information content (AvgIpc) is 2.45. The number of aryl methyl sites for hydroxylation is 1. The van der Waals surface area contributed by atoms with Crippen LogP contribution in [0.25, 0.3) is 0 Å². The Kier molecular flexibility index (Phi) is 6.21. The highest BCUT2D eigenvalue weighted by Gasteiger charge is 2.27. The van der Waals surface area contributed by atoms with Crippen molar-refractivity contribution in [3.63, 3.8) is 0 Å². The number of carboxylic acid groups (broad SMARTS) is 1. The molecule has 116 valence electrons. The monoisotopic (exact) mass is 293 g/mol. The van der Waals surface area contributed by atoms with Crippen LogP contribution < -0.4 is 10.1 Å². The minimum absolute atomic E-state index is 0.141. The lowest BCUT2D eigenvalue weighted by Gasteiger charge is -2.22. The third-order valence-electron chi connectivity index (χ3n) is 3.48. The lowest BCUT2D eigenvalue weighted by atomic mass is 9.99. The molecule has 1 amide bonds. The summed E-state index contributed by atoms with van der Waals surface area (Å²) >= 11 is 0. The molecule has 0 spiro atoms. The highest BCUT2D eigenvalue weighted by atomic mass is 16.5. The Morgan fingerprint density at radius 1 is 1.24 bits per heavy atom. The van der Waals surface area contributed by atoms with Gasteiger partial charge in [-0.3, -0.25) is 4.79 Å². The normalized spacial score (nSPS) is 14.9. The summed E-state index contributed by atoms with van der Waals surface area (Å²) in [6.07, 6.45) is -0.0802. The first kappa shape index (κ1) is 17.0. The number of carboxylic acids is 1. The van der Waals surface area contributed by atoms with Gasteiger partial charge in [-0.2, -0.15) is 0 Å². The molecule has 1 aromatic carbocycles. The summed E-state index contributed by atoms with van der Waals surface area (Å²) in [6, 6.07) is 6.44. The minimum atomic E-state index is -1.03. The van der Waals surface area contributed by atoms with E-state index in [0.717, 1.165) is 5.56 Å². The Morgan fingerprint density at radius 2 is 1.81 bits per heavy atom. The Balaban J connectivity index is 2.64. The number of aliphatic carboxylic acids is 1. The fraction of sp³-hybridized carbons (Fsp3) is 0.500. The van der Waals surface area contributed by atoms with Gasteiger partial charge in [0.2, 0.25) is 0 Å². The maximum atomic E-state index is 12.1. The number of hydrogen-bond donors (Lipinski definition) is 2. The summed E-state index contributed by atoms with van der Waals surface area (Å²) in [5, 5.41) is 11.7. The molecule has 2 unspecified atom stereocenters. The molecule has 0 fully saturated rings. The maximum Gasteiger partial charge on any atom is 0.326 e. The van der Waals surface area contributed by atoms with E-state index in [4.69, 9.17) is 4.74 Å². The number of nitrogens with one attached hydrogen (secondary N) is 1. The van der Waals surface area contributed by atoms with Crippen molar-refractivity contribution in [1.82, 2.24) is 5.32 Å². The zero-order valence-corrected chi connectivity index (χ0v) is 12.9. The molecular weight excluding hydrogens is 270 g/mol. The molecule has 0 saturated heterocycles. The number of carbonyl (C=O) groups is 2. The molecule has 0 aromatic heterocycles. The third kappa shape index (κ3) is 5.10. The van der Waals surface area contributed by atoms with Crippen LogP contribution in [-0.4, -0.2) is 29.1 Å². The van der Waals surface area contributed by atoms with Gasteiger partial charge >= 0.3 is 5.97 Å². The molecule has 5 heteroatoms. The first-order valence-corrected chi connectivity index (χ1v) is 7.11. The maximum absolute atomic E-state index is 12.1. The van der Waals surface area contributed by atoms with Crippen molar-refractivity contribution in [3.8, 4) is 5.75 Å². The lowest BCUT2D eigenvalue weighted by Crippen LogP contribution is -2.49. The smallest absolute Gasteiger partial charge is 0.326 e. The summed E-state index contributed by atoms with van der Waals surface area (Å²) in [6.45, 7) is 7.25. The van der Waals surface area contributed by atoms with E-state index in [9.17, 15) is 14.7 Å². The van der Waals surface area contributed by atoms with Gasteiger partial charge in [-0.1, -0.05) is 38.0 Å². The van der Waals surface area contributed by atoms with Gasteiger partial charge in [-0.25, -0.2) is 4.79 Å². The van der Waals surface area contributed by atoms with E-state index in [2.05, 4.69) is 5.32 Å². The second-order valence-corrected chi connectivity index (χ2v) is 5.28. The van der Waals surface area contributed by atoms with Crippen LogP contribution in [0.5, 0.6) is 5.75 Å². The zero-order chi connectivity index (χ0) is 16.0. The summed E-state index contributed by atoms with van der Waals surface area (Å²) in [5.41, 5.74) is 1.10. The Bertz CT molecular complexity index is 484. The summed E-state index contributed by atoms with van der Waals surface area (Å²) < 4.78 is 5.52. The van der Waals surface area contributed by atoms with Crippen molar-refractivity contribution in [1.29, 1.82) is 0 Å². The van der Waals surface area contributed by atoms with E-state index in [1.54, 1.807) is 26.0 Å². The number of hydrogen-bond acceptors (Lipinski definition) is 3. The SMILES string of the molecule is CCC(C)[C@H](NC(=O)C(C)Oc1ccc(C)cc1)C(=O)O. The van der Waals surface area contributed by atoms with Crippen LogP contribution in [0.3, 0.4) is 0 Å². The molecule has 3 atom stereocenters. The molecule has 1 rings (SSSR count). The highest BCUT2D eigenvalue weighted by Crippen LogP contribution is 2.14. The van der Waals surface area contributed by atoms with Crippen LogP contribution >= 0.6 is 0 Å². The van der Waals surface area contributed by atoms with Crippen LogP contribution in [0, 0.1) is 12.8 Å². The molecular formula is C16H23NO4. The largest absolute Gasteiger partial charge is 0.481 e. The number of ether oxygens (including phenoxy) is 1. The molecule has 0 aliphatic rings. The van der Waals surface area contributed by atoms with Gasteiger partial charge in [0.15, 0.2) is 6.10 Å². The van der Waals surface area contributed by atoms with E-state index in [0.29, 0.717) is 12.2 Å². The van der Waals surface area contributed by atoms with Crippen LogP contribution in [0.15, 0.2) is 24.3 Å². The molecule has 0 aliphatic carbocycles. The first-order valence-electron chi connectivity index (χ1n) is 7.11. The minimum Gasteiger partial charge on any atom is -0.481 e. The van der Waals surface area contributed by atoms with Gasteiger partial charge in [-0.15, -0.1) is 0 Å². The molecule has 0 bridgehead atoms. The molecule has 21 heavy (non-hydrogen) atoms. The topological polar surface area (TPSA) is 75.6 Å².